The molecule has 2 rings (SSSR count). The first-order valence-electron chi connectivity index (χ1n) is 6.98. The molecular formula is C16H18FNO3. The monoisotopic (exact) mass is 291 g/mol. The second-order valence-electron chi connectivity index (χ2n) is 5.13. The minimum absolute atomic E-state index is 0.0182. The maximum atomic E-state index is 13.2. The molecule has 0 radical (unpaired) electrons. The number of aliphatic hydroxyl groups is 2. The van der Waals surface area contributed by atoms with Crippen molar-refractivity contribution in [2.75, 3.05) is 6.61 Å². The van der Waals surface area contributed by atoms with E-state index in [0.29, 0.717) is 18.4 Å². The van der Waals surface area contributed by atoms with Crippen molar-refractivity contribution >= 4 is 5.91 Å². The summed E-state index contributed by atoms with van der Waals surface area (Å²) in [5, 5.41) is 21.1. The summed E-state index contributed by atoms with van der Waals surface area (Å²) in [4.78, 5) is 12.3. The molecule has 0 heterocycles. The number of carbonyl (C=O) groups is 1. The van der Waals surface area contributed by atoms with Crippen molar-refractivity contribution in [3.63, 3.8) is 0 Å². The van der Waals surface area contributed by atoms with Crippen molar-refractivity contribution in [3.8, 4) is 11.8 Å². The number of carbonyl (C=O) groups excluding carboxylic acids is 1. The summed E-state index contributed by atoms with van der Waals surface area (Å²) < 4.78 is 13.2. The highest BCUT2D eigenvalue weighted by atomic mass is 19.1. The van der Waals surface area contributed by atoms with Crippen LogP contribution >= 0.6 is 0 Å². The van der Waals surface area contributed by atoms with Crippen LogP contribution in [0.2, 0.25) is 0 Å². The minimum atomic E-state index is -0.477. The lowest BCUT2D eigenvalue weighted by atomic mass is 9.93. The average Bonchev–Trinajstić information content (AvgIpc) is 2.47. The van der Waals surface area contributed by atoms with Gasteiger partial charge in [-0.25, -0.2) is 4.39 Å². The predicted octanol–water partition coefficient (Wildman–Crippen LogP) is 1.20. The summed E-state index contributed by atoms with van der Waals surface area (Å²) in [6.07, 6.45) is 2.52. The van der Waals surface area contributed by atoms with Crippen LogP contribution < -0.4 is 5.32 Å². The van der Waals surface area contributed by atoms with Gasteiger partial charge in [0.2, 0.25) is 0 Å². The number of amides is 1. The summed E-state index contributed by atoms with van der Waals surface area (Å²) in [6, 6.07) is 3.81. The molecule has 112 valence electrons. The Balaban J connectivity index is 2.11. The van der Waals surface area contributed by atoms with Crippen molar-refractivity contribution in [3.05, 3.63) is 35.1 Å². The van der Waals surface area contributed by atoms with Crippen LogP contribution in [0, 0.1) is 17.7 Å². The Hall–Kier alpha value is -1.90. The van der Waals surface area contributed by atoms with Gasteiger partial charge in [-0.3, -0.25) is 4.79 Å². The Labute approximate surface area is 123 Å². The van der Waals surface area contributed by atoms with Crippen LogP contribution in [-0.2, 0) is 0 Å². The van der Waals surface area contributed by atoms with Gasteiger partial charge in [-0.2, -0.15) is 0 Å². The molecular weight excluding hydrogens is 273 g/mol. The summed E-state index contributed by atoms with van der Waals surface area (Å²) in [6.45, 7) is -0.349. The van der Waals surface area contributed by atoms with Crippen LogP contribution in [0.25, 0.3) is 0 Å². The van der Waals surface area contributed by atoms with E-state index >= 15 is 0 Å². The van der Waals surface area contributed by atoms with Crippen molar-refractivity contribution in [1.82, 2.24) is 5.32 Å². The fourth-order valence-electron chi connectivity index (χ4n) is 2.44. The molecule has 21 heavy (non-hydrogen) atoms. The Morgan fingerprint density at radius 1 is 1.33 bits per heavy atom. The molecule has 1 aromatic carbocycles. The van der Waals surface area contributed by atoms with Crippen molar-refractivity contribution in [2.24, 2.45) is 0 Å². The zero-order chi connectivity index (χ0) is 15.2. The molecule has 1 fully saturated rings. The van der Waals surface area contributed by atoms with Crippen LogP contribution in [0.5, 0.6) is 0 Å². The summed E-state index contributed by atoms with van der Waals surface area (Å²) in [7, 11) is 0. The number of hydrogen-bond donors (Lipinski definition) is 3. The average molecular weight is 291 g/mol. The molecule has 1 saturated carbocycles. The highest BCUT2D eigenvalue weighted by molar-refractivity contribution is 5.96. The van der Waals surface area contributed by atoms with E-state index in [1.807, 2.05) is 0 Å². The van der Waals surface area contributed by atoms with E-state index < -0.39 is 5.82 Å². The summed E-state index contributed by atoms with van der Waals surface area (Å²) >= 11 is 0. The molecule has 0 bridgehead atoms. The van der Waals surface area contributed by atoms with Crippen molar-refractivity contribution in [2.45, 2.75) is 37.8 Å². The third-order valence-corrected chi connectivity index (χ3v) is 3.56. The largest absolute Gasteiger partial charge is 0.393 e. The Morgan fingerprint density at radius 3 is 2.71 bits per heavy atom. The fourth-order valence-corrected chi connectivity index (χ4v) is 2.44. The molecule has 0 aliphatic heterocycles. The van der Waals surface area contributed by atoms with Crippen molar-refractivity contribution in [1.29, 1.82) is 0 Å². The highest BCUT2D eigenvalue weighted by Crippen LogP contribution is 2.19. The highest BCUT2D eigenvalue weighted by Gasteiger charge is 2.22. The number of benzene rings is 1. The second-order valence-corrected chi connectivity index (χ2v) is 5.13. The molecule has 1 aliphatic carbocycles. The molecule has 0 atom stereocenters. The maximum absolute atomic E-state index is 13.2. The number of nitrogens with one attached hydrogen (secondary N) is 1. The number of aliphatic hydroxyl groups excluding tert-OH is 2. The molecule has 3 N–H and O–H groups in total. The van der Waals surface area contributed by atoms with E-state index in [1.165, 1.54) is 18.2 Å². The molecule has 1 amide bonds. The van der Waals surface area contributed by atoms with Gasteiger partial charge in [0.05, 0.1) is 11.7 Å². The first kappa shape index (κ1) is 15.5. The molecule has 0 spiro atoms. The van der Waals surface area contributed by atoms with Crippen LogP contribution in [0.3, 0.4) is 0 Å². The van der Waals surface area contributed by atoms with E-state index in [1.54, 1.807) is 0 Å². The Morgan fingerprint density at radius 2 is 2.05 bits per heavy atom. The molecule has 0 aromatic heterocycles. The molecule has 1 aromatic rings. The minimum Gasteiger partial charge on any atom is -0.393 e. The van der Waals surface area contributed by atoms with Gasteiger partial charge in [-0.05, 0) is 43.9 Å². The first-order chi connectivity index (χ1) is 10.1. The third-order valence-electron chi connectivity index (χ3n) is 3.56. The van der Waals surface area contributed by atoms with Gasteiger partial charge in [0.1, 0.15) is 12.4 Å². The fraction of sp³-hybridized carbons (Fsp3) is 0.438. The Bertz CT molecular complexity index is 569. The van der Waals surface area contributed by atoms with E-state index in [4.69, 9.17) is 5.11 Å². The predicted molar refractivity (Wildman–Crippen MR) is 76.1 cm³/mol. The topological polar surface area (TPSA) is 69.6 Å². The van der Waals surface area contributed by atoms with Gasteiger partial charge in [-0.1, -0.05) is 11.8 Å². The van der Waals surface area contributed by atoms with Crippen LogP contribution in [0.1, 0.15) is 41.6 Å². The third kappa shape index (κ3) is 4.28. The van der Waals surface area contributed by atoms with Gasteiger partial charge in [-0.15, -0.1) is 0 Å². The van der Waals surface area contributed by atoms with Gasteiger partial charge in [0, 0.05) is 11.6 Å². The van der Waals surface area contributed by atoms with Crippen LogP contribution in [0.4, 0.5) is 4.39 Å². The van der Waals surface area contributed by atoms with Gasteiger partial charge in [0.25, 0.3) is 5.91 Å². The van der Waals surface area contributed by atoms with Gasteiger partial charge < -0.3 is 15.5 Å². The SMILES string of the molecule is O=C(NC1CCC(O)CC1)c1ccc(F)cc1C#CCO. The zero-order valence-corrected chi connectivity index (χ0v) is 11.6. The zero-order valence-electron chi connectivity index (χ0n) is 11.6. The second kappa shape index (κ2) is 7.21. The lowest BCUT2D eigenvalue weighted by Crippen LogP contribution is -2.38. The first-order valence-corrected chi connectivity index (χ1v) is 6.98. The lowest BCUT2D eigenvalue weighted by Gasteiger charge is -2.26. The maximum Gasteiger partial charge on any atom is 0.252 e. The standard InChI is InChI=1S/C16H18FNO3/c17-12-3-8-15(11(10-12)2-1-9-19)16(21)18-13-4-6-14(20)7-5-13/h3,8,10,13-14,19-20H,4-7,9H2,(H,18,21). The van der Waals surface area contributed by atoms with Gasteiger partial charge >= 0.3 is 0 Å². The van der Waals surface area contributed by atoms with Crippen LogP contribution in [0.15, 0.2) is 18.2 Å². The summed E-state index contributed by atoms with van der Waals surface area (Å²) in [5.74, 6) is 4.23. The lowest BCUT2D eigenvalue weighted by molar-refractivity contribution is 0.0867. The van der Waals surface area contributed by atoms with E-state index in [0.717, 1.165) is 12.8 Å². The molecule has 5 heteroatoms. The van der Waals surface area contributed by atoms with E-state index in [9.17, 15) is 14.3 Å². The Kier molecular flexibility index (Phi) is 5.32. The normalized spacial score (nSPS) is 21.3. The molecule has 0 saturated heterocycles. The quantitative estimate of drug-likeness (QED) is 0.717. The van der Waals surface area contributed by atoms with E-state index in [2.05, 4.69) is 17.2 Å². The molecule has 1 aliphatic rings. The van der Waals surface area contributed by atoms with Crippen molar-refractivity contribution < 1.29 is 19.4 Å². The van der Waals surface area contributed by atoms with E-state index in [-0.39, 0.29) is 30.2 Å². The molecule has 4 nitrogen and oxygen atoms in total. The van der Waals surface area contributed by atoms with Crippen LogP contribution in [-0.4, -0.2) is 34.9 Å². The molecule has 0 unspecified atom stereocenters. The number of hydrogen-bond acceptors (Lipinski definition) is 3. The number of rotatable bonds is 2. The van der Waals surface area contributed by atoms with Gasteiger partial charge in [0.15, 0.2) is 0 Å². The smallest absolute Gasteiger partial charge is 0.252 e. The summed E-state index contributed by atoms with van der Waals surface area (Å²) in [5.41, 5.74) is 0.556. The number of halogens is 1.